The molecule has 1 unspecified atom stereocenters. The number of hydrogen-bond donors (Lipinski definition) is 2. The molecule has 3 rings (SSSR count). The van der Waals surface area contributed by atoms with E-state index in [9.17, 15) is 0 Å². The Kier molecular flexibility index (Phi) is 3.52. The Morgan fingerprint density at radius 3 is 2.83 bits per heavy atom. The van der Waals surface area contributed by atoms with E-state index in [0.29, 0.717) is 6.04 Å². The maximum atomic E-state index is 3.52. The average Bonchev–Trinajstić information content (AvgIpc) is 2.89. The summed E-state index contributed by atoms with van der Waals surface area (Å²) in [6.07, 6.45) is 2.59. The van der Waals surface area contributed by atoms with Crippen molar-refractivity contribution in [3.05, 3.63) is 40.9 Å². The second-order valence-electron chi connectivity index (χ2n) is 4.88. The van der Waals surface area contributed by atoms with Crippen molar-refractivity contribution in [2.45, 2.75) is 18.9 Å². The van der Waals surface area contributed by atoms with Gasteiger partial charge in [-0.3, -0.25) is 0 Å². The first-order valence-corrected chi connectivity index (χ1v) is 7.27. The molecule has 1 fully saturated rings. The van der Waals surface area contributed by atoms with Gasteiger partial charge in [-0.25, -0.2) is 0 Å². The lowest BCUT2D eigenvalue weighted by Crippen LogP contribution is -2.29. The van der Waals surface area contributed by atoms with Gasteiger partial charge in [0.15, 0.2) is 0 Å². The molecule has 1 aliphatic heterocycles. The van der Waals surface area contributed by atoms with Gasteiger partial charge in [-0.15, -0.1) is 0 Å². The first-order chi connectivity index (χ1) is 8.81. The standard InChI is InChI=1S/C15H17BrN2/c16-13-5-3-12-9-14(6-4-11(12)8-13)18-10-15-2-1-7-17-15/h3-6,8-9,15,17-18H,1-2,7,10H2. The molecule has 0 amide bonds. The average molecular weight is 305 g/mol. The van der Waals surface area contributed by atoms with Crippen molar-refractivity contribution in [3.8, 4) is 0 Å². The minimum absolute atomic E-state index is 0.630. The van der Waals surface area contributed by atoms with Crippen LogP contribution in [0.2, 0.25) is 0 Å². The highest BCUT2D eigenvalue weighted by Gasteiger charge is 2.12. The van der Waals surface area contributed by atoms with E-state index in [0.717, 1.165) is 17.6 Å². The summed E-state index contributed by atoms with van der Waals surface area (Å²) in [4.78, 5) is 0. The van der Waals surface area contributed by atoms with Crippen LogP contribution in [-0.4, -0.2) is 19.1 Å². The molecular formula is C15H17BrN2. The van der Waals surface area contributed by atoms with Crippen molar-refractivity contribution in [1.82, 2.24) is 5.32 Å². The summed E-state index contributed by atoms with van der Waals surface area (Å²) in [5, 5.41) is 9.57. The summed E-state index contributed by atoms with van der Waals surface area (Å²) < 4.78 is 1.13. The molecule has 94 valence electrons. The summed E-state index contributed by atoms with van der Waals surface area (Å²) in [6, 6.07) is 13.6. The Balaban J connectivity index is 1.74. The van der Waals surface area contributed by atoms with Crippen LogP contribution in [0.25, 0.3) is 10.8 Å². The van der Waals surface area contributed by atoms with E-state index >= 15 is 0 Å². The topological polar surface area (TPSA) is 24.1 Å². The molecule has 0 aromatic heterocycles. The van der Waals surface area contributed by atoms with Crippen LogP contribution in [0.3, 0.4) is 0 Å². The third kappa shape index (κ3) is 2.68. The molecule has 0 radical (unpaired) electrons. The van der Waals surface area contributed by atoms with Crippen LogP contribution in [0, 0.1) is 0 Å². The first-order valence-electron chi connectivity index (χ1n) is 6.48. The van der Waals surface area contributed by atoms with Crippen molar-refractivity contribution < 1.29 is 0 Å². The number of halogens is 1. The third-order valence-electron chi connectivity index (χ3n) is 3.52. The Hall–Kier alpha value is -1.06. The molecule has 2 N–H and O–H groups in total. The molecule has 0 spiro atoms. The summed E-state index contributed by atoms with van der Waals surface area (Å²) in [5.74, 6) is 0. The second kappa shape index (κ2) is 5.29. The normalized spacial score (nSPS) is 19.3. The van der Waals surface area contributed by atoms with Crippen molar-refractivity contribution in [3.63, 3.8) is 0 Å². The maximum Gasteiger partial charge on any atom is 0.0347 e. The molecule has 1 saturated heterocycles. The molecule has 1 atom stereocenters. The number of hydrogen-bond acceptors (Lipinski definition) is 2. The molecule has 3 heteroatoms. The number of nitrogens with one attached hydrogen (secondary N) is 2. The van der Waals surface area contributed by atoms with Gasteiger partial charge in [0, 0.05) is 22.7 Å². The van der Waals surface area contributed by atoms with E-state index in [1.165, 1.54) is 29.3 Å². The van der Waals surface area contributed by atoms with Crippen molar-refractivity contribution in [2.75, 3.05) is 18.4 Å². The number of rotatable bonds is 3. The molecule has 18 heavy (non-hydrogen) atoms. The van der Waals surface area contributed by atoms with Crippen molar-refractivity contribution >= 4 is 32.4 Å². The van der Waals surface area contributed by atoms with Gasteiger partial charge in [0.25, 0.3) is 0 Å². The smallest absolute Gasteiger partial charge is 0.0347 e. The molecule has 2 aromatic rings. The van der Waals surface area contributed by atoms with Crippen LogP contribution in [0.15, 0.2) is 40.9 Å². The lowest BCUT2D eigenvalue weighted by Gasteiger charge is -2.13. The predicted molar refractivity (Wildman–Crippen MR) is 81.2 cm³/mol. The molecule has 0 aliphatic carbocycles. The number of fused-ring (bicyclic) bond motifs is 1. The van der Waals surface area contributed by atoms with Gasteiger partial charge >= 0.3 is 0 Å². The molecular weight excluding hydrogens is 288 g/mol. The Bertz CT molecular complexity index is 547. The van der Waals surface area contributed by atoms with E-state index in [4.69, 9.17) is 0 Å². The second-order valence-corrected chi connectivity index (χ2v) is 5.80. The highest BCUT2D eigenvalue weighted by Crippen LogP contribution is 2.23. The molecule has 1 heterocycles. The highest BCUT2D eigenvalue weighted by molar-refractivity contribution is 9.10. The van der Waals surface area contributed by atoms with Crippen LogP contribution in [0.1, 0.15) is 12.8 Å². The van der Waals surface area contributed by atoms with E-state index in [2.05, 4.69) is 63.0 Å². The van der Waals surface area contributed by atoms with Crippen molar-refractivity contribution in [2.24, 2.45) is 0 Å². The van der Waals surface area contributed by atoms with Crippen LogP contribution < -0.4 is 10.6 Å². The maximum absolute atomic E-state index is 3.52. The zero-order chi connectivity index (χ0) is 12.4. The molecule has 0 bridgehead atoms. The Labute approximate surface area is 116 Å². The molecule has 2 nitrogen and oxygen atoms in total. The van der Waals surface area contributed by atoms with E-state index in [1.54, 1.807) is 0 Å². The quantitative estimate of drug-likeness (QED) is 0.902. The van der Waals surface area contributed by atoms with E-state index in [1.807, 2.05) is 0 Å². The minimum atomic E-state index is 0.630. The fraction of sp³-hybridized carbons (Fsp3) is 0.333. The van der Waals surface area contributed by atoms with E-state index < -0.39 is 0 Å². The minimum Gasteiger partial charge on any atom is -0.383 e. The molecule has 2 aromatic carbocycles. The molecule has 1 aliphatic rings. The highest BCUT2D eigenvalue weighted by atomic mass is 79.9. The Morgan fingerprint density at radius 2 is 2.00 bits per heavy atom. The van der Waals surface area contributed by atoms with Gasteiger partial charge in [-0.05, 0) is 54.4 Å². The summed E-state index contributed by atoms with van der Waals surface area (Å²) in [5.41, 5.74) is 1.21. The van der Waals surface area contributed by atoms with Gasteiger partial charge in [-0.2, -0.15) is 0 Å². The van der Waals surface area contributed by atoms with Crippen LogP contribution in [0.5, 0.6) is 0 Å². The van der Waals surface area contributed by atoms with Crippen LogP contribution >= 0.6 is 15.9 Å². The summed E-state index contributed by atoms with van der Waals surface area (Å²) >= 11 is 3.50. The summed E-state index contributed by atoms with van der Waals surface area (Å²) in [7, 11) is 0. The van der Waals surface area contributed by atoms with Gasteiger partial charge in [0.2, 0.25) is 0 Å². The fourth-order valence-corrected chi connectivity index (χ4v) is 2.88. The van der Waals surface area contributed by atoms with E-state index in [-0.39, 0.29) is 0 Å². The predicted octanol–water partition coefficient (Wildman–Crippen LogP) is 3.77. The SMILES string of the molecule is Brc1ccc2cc(NCC3CCCN3)ccc2c1. The third-order valence-corrected chi connectivity index (χ3v) is 4.01. The monoisotopic (exact) mass is 304 g/mol. The first kappa shape index (κ1) is 12.0. The van der Waals surface area contributed by atoms with Gasteiger partial charge in [0.1, 0.15) is 0 Å². The van der Waals surface area contributed by atoms with Crippen LogP contribution in [-0.2, 0) is 0 Å². The van der Waals surface area contributed by atoms with Crippen molar-refractivity contribution in [1.29, 1.82) is 0 Å². The zero-order valence-corrected chi connectivity index (χ0v) is 11.8. The lowest BCUT2D eigenvalue weighted by molar-refractivity contribution is 0.633. The number of benzene rings is 2. The largest absolute Gasteiger partial charge is 0.383 e. The summed E-state index contributed by atoms with van der Waals surface area (Å²) in [6.45, 7) is 2.18. The van der Waals surface area contributed by atoms with Gasteiger partial charge in [0.05, 0.1) is 0 Å². The van der Waals surface area contributed by atoms with Crippen LogP contribution in [0.4, 0.5) is 5.69 Å². The van der Waals surface area contributed by atoms with Gasteiger partial charge < -0.3 is 10.6 Å². The lowest BCUT2D eigenvalue weighted by atomic mass is 10.1. The zero-order valence-electron chi connectivity index (χ0n) is 10.2. The number of anilines is 1. The van der Waals surface area contributed by atoms with Gasteiger partial charge in [-0.1, -0.05) is 28.1 Å². The molecule has 0 saturated carbocycles. The Morgan fingerprint density at radius 1 is 1.17 bits per heavy atom. The fourth-order valence-electron chi connectivity index (χ4n) is 2.50.